The second kappa shape index (κ2) is 8.34. The van der Waals surface area contributed by atoms with Crippen LogP contribution in [-0.4, -0.2) is 33.8 Å². The highest BCUT2D eigenvalue weighted by atomic mass is 16.5. The van der Waals surface area contributed by atoms with E-state index in [-0.39, 0.29) is 5.92 Å². The Labute approximate surface area is 212 Å². The van der Waals surface area contributed by atoms with E-state index >= 15 is 0 Å². The Morgan fingerprint density at radius 2 is 1.62 bits per heavy atom. The van der Waals surface area contributed by atoms with Crippen molar-refractivity contribution in [2.75, 3.05) is 14.2 Å². The number of methoxy groups -OCH3 is 2. The molecule has 2 aromatic heterocycles. The zero-order valence-electron chi connectivity index (χ0n) is 20.3. The maximum Gasteiger partial charge on any atom is 0.228 e. The molecule has 4 aromatic carbocycles. The first kappa shape index (κ1) is 21.4. The van der Waals surface area contributed by atoms with Gasteiger partial charge in [-0.25, -0.2) is 14.5 Å². The van der Waals surface area contributed by atoms with E-state index in [2.05, 4.69) is 59.6 Å². The van der Waals surface area contributed by atoms with Gasteiger partial charge >= 0.3 is 0 Å². The number of nitrogens with zero attached hydrogens (tertiary/aromatic N) is 4. The van der Waals surface area contributed by atoms with E-state index in [1.54, 1.807) is 25.1 Å². The number of benzene rings is 4. The zero-order chi connectivity index (χ0) is 24.9. The largest absolute Gasteiger partial charge is 0.493 e. The summed E-state index contributed by atoms with van der Waals surface area (Å²) in [5, 5.41) is 7.05. The van der Waals surface area contributed by atoms with Crippen molar-refractivity contribution in [2.45, 2.75) is 5.92 Å². The molecular formula is C30H22N4O3. The minimum Gasteiger partial charge on any atom is -0.493 e. The molecule has 0 saturated carbocycles. The molecule has 7 nitrogen and oxygen atoms in total. The summed E-state index contributed by atoms with van der Waals surface area (Å²) in [7, 11) is 3.23. The van der Waals surface area contributed by atoms with Crippen molar-refractivity contribution in [1.29, 1.82) is 0 Å². The minimum atomic E-state index is -0.135. The van der Waals surface area contributed by atoms with E-state index in [4.69, 9.17) is 24.3 Å². The first-order chi connectivity index (χ1) is 18.2. The summed E-state index contributed by atoms with van der Waals surface area (Å²) >= 11 is 0. The van der Waals surface area contributed by atoms with Crippen LogP contribution in [-0.2, 0) is 0 Å². The molecule has 0 saturated heterocycles. The van der Waals surface area contributed by atoms with Crippen molar-refractivity contribution in [2.24, 2.45) is 0 Å². The van der Waals surface area contributed by atoms with Crippen LogP contribution in [0.2, 0.25) is 0 Å². The summed E-state index contributed by atoms with van der Waals surface area (Å²) in [6.45, 7) is 0. The van der Waals surface area contributed by atoms with Gasteiger partial charge in [0, 0.05) is 17.0 Å². The van der Waals surface area contributed by atoms with Crippen LogP contribution in [0.15, 0.2) is 91.3 Å². The van der Waals surface area contributed by atoms with Gasteiger partial charge in [0.15, 0.2) is 23.0 Å². The molecule has 7 rings (SSSR count). The normalized spacial score (nSPS) is 14.2. The molecule has 0 bridgehead atoms. The zero-order valence-corrected chi connectivity index (χ0v) is 20.3. The van der Waals surface area contributed by atoms with Crippen LogP contribution in [0, 0.1) is 0 Å². The third-order valence-corrected chi connectivity index (χ3v) is 6.88. The van der Waals surface area contributed by atoms with Crippen LogP contribution in [0.4, 0.5) is 0 Å². The Morgan fingerprint density at radius 3 is 2.46 bits per heavy atom. The lowest BCUT2D eigenvalue weighted by Gasteiger charge is -2.29. The summed E-state index contributed by atoms with van der Waals surface area (Å²) in [4.78, 5) is 9.66. The van der Waals surface area contributed by atoms with Crippen LogP contribution in [0.25, 0.3) is 27.8 Å². The number of ether oxygens (including phenoxy) is 3. The number of rotatable bonds is 4. The molecule has 37 heavy (non-hydrogen) atoms. The second-order valence-corrected chi connectivity index (χ2v) is 8.88. The maximum absolute atomic E-state index is 6.40. The molecule has 0 amide bonds. The van der Waals surface area contributed by atoms with Crippen molar-refractivity contribution < 1.29 is 14.2 Å². The highest BCUT2D eigenvalue weighted by Crippen LogP contribution is 2.50. The summed E-state index contributed by atoms with van der Waals surface area (Å²) in [5.74, 6) is 3.03. The lowest BCUT2D eigenvalue weighted by Crippen LogP contribution is -2.15. The number of fused-ring (bicyclic) bond motifs is 6. The predicted molar refractivity (Wildman–Crippen MR) is 141 cm³/mol. The molecular weight excluding hydrogens is 464 g/mol. The molecule has 0 spiro atoms. The lowest BCUT2D eigenvalue weighted by atomic mass is 9.81. The van der Waals surface area contributed by atoms with Gasteiger partial charge in [-0.1, -0.05) is 60.7 Å². The number of hydrogen-bond donors (Lipinski definition) is 0. The third kappa shape index (κ3) is 3.31. The molecule has 180 valence electrons. The van der Waals surface area contributed by atoms with Crippen LogP contribution in [0.5, 0.6) is 23.1 Å². The Hall–Kier alpha value is -4.91. The Balaban J connectivity index is 1.49. The average Bonchev–Trinajstić information content (AvgIpc) is 3.40. The molecule has 1 aliphatic rings. The molecule has 0 radical (unpaired) electrons. The van der Waals surface area contributed by atoms with Gasteiger partial charge in [-0.3, -0.25) is 0 Å². The monoisotopic (exact) mass is 486 g/mol. The second-order valence-electron chi connectivity index (χ2n) is 8.88. The van der Waals surface area contributed by atoms with Gasteiger partial charge < -0.3 is 14.2 Å². The van der Waals surface area contributed by atoms with Gasteiger partial charge in [0.25, 0.3) is 0 Å². The third-order valence-electron chi connectivity index (χ3n) is 6.88. The van der Waals surface area contributed by atoms with Crippen molar-refractivity contribution in [3.05, 3.63) is 108 Å². The molecule has 6 aromatic rings. The molecule has 1 atom stereocenters. The number of hydrogen-bond acceptors (Lipinski definition) is 6. The average molecular weight is 487 g/mol. The first-order valence-corrected chi connectivity index (χ1v) is 12.0. The van der Waals surface area contributed by atoms with Crippen LogP contribution < -0.4 is 14.2 Å². The Bertz CT molecular complexity index is 1800. The molecule has 0 aliphatic carbocycles. The standard InChI is InChI=1S/C30H22N4O3/c1-35-22-14-13-20(16-24(22)36-2)28-32-29-27-25(19-9-4-3-5-10-19)26-21-11-7-6-8-18(21)12-15-23(26)37-30(27)31-17-34(29)33-28/h3-17,25H,1-2H3/t25-/m1/s1. The van der Waals surface area contributed by atoms with Crippen molar-refractivity contribution in [3.8, 4) is 34.5 Å². The van der Waals surface area contributed by atoms with Crippen molar-refractivity contribution in [1.82, 2.24) is 19.6 Å². The smallest absolute Gasteiger partial charge is 0.228 e. The molecule has 0 unspecified atom stereocenters. The van der Waals surface area contributed by atoms with Gasteiger partial charge in [0.05, 0.1) is 19.8 Å². The fraction of sp³-hybridized carbons (Fsp3) is 0.100. The topological polar surface area (TPSA) is 70.8 Å². The van der Waals surface area contributed by atoms with Crippen molar-refractivity contribution >= 4 is 16.4 Å². The quantitative estimate of drug-likeness (QED) is 0.293. The van der Waals surface area contributed by atoms with Gasteiger partial charge in [-0.05, 0) is 40.6 Å². The van der Waals surface area contributed by atoms with Crippen molar-refractivity contribution in [3.63, 3.8) is 0 Å². The number of aromatic nitrogens is 4. The fourth-order valence-corrected chi connectivity index (χ4v) is 5.18. The SMILES string of the molecule is COc1ccc(-c2nc3c4c(ncn3n2)Oc2ccc3ccccc3c2[C@H]4c2ccccc2)cc1OC. The minimum absolute atomic E-state index is 0.135. The van der Waals surface area contributed by atoms with E-state index in [9.17, 15) is 0 Å². The maximum atomic E-state index is 6.40. The summed E-state index contributed by atoms with van der Waals surface area (Å²) in [6, 6.07) is 28.6. The molecule has 3 heterocycles. The highest BCUT2D eigenvalue weighted by Gasteiger charge is 2.34. The lowest BCUT2D eigenvalue weighted by molar-refractivity contribution is 0.355. The molecule has 1 aliphatic heterocycles. The van der Waals surface area contributed by atoms with E-state index in [0.717, 1.165) is 38.8 Å². The predicted octanol–water partition coefficient (Wildman–Crippen LogP) is 6.25. The van der Waals surface area contributed by atoms with Gasteiger partial charge in [0.1, 0.15) is 12.1 Å². The molecule has 0 fully saturated rings. The summed E-state index contributed by atoms with van der Waals surface area (Å²) in [5.41, 5.74) is 4.63. The summed E-state index contributed by atoms with van der Waals surface area (Å²) < 4.78 is 19.0. The van der Waals surface area contributed by atoms with Crippen LogP contribution in [0.1, 0.15) is 22.6 Å². The fourth-order valence-electron chi connectivity index (χ4n) is 5.18. The van der Waals surface area contributed by atoms with E-state index in [1.165, 1.54) is 0 Å². The van der Waals surface area contributed by atoms with E-state index < -0.39 is 0 Å². The Kier molecular flexibility index (Phi) is 4.82. The van der Waals surface area contributed by atoms with E-state index in [1.807, 2.05) is 30.3 Å². The van der Waals surface area contributed by atoms with E-state index in [0.29, 0.717) is 28.9 Å². The molecule has 0 N–H and O–H groups in total. The summed E-state index contributed by atoms with van der Waals surface area (Å²) in [6.07, 6.45) is 1.65. The van der Waals surface area contributed by atoms with Gasteiger partial charge in [0.2, 0.25) is 5.88 Å². The van der Waals surface area contributed by atoms with Gasteiger partial charge in [-0.2, -0.15) is 0 Å². The van der Waals surface area contributed by atoms with Crippen LogP contribution >= 0.6 is 0 Å². The highest BCUT2D eigenvalue weighted by molar-refractivity contribution is 5.91. The molecule has 7 heteroatoms. The Morgan fingerprint density at radius 1 is 0.811 bits per heavy atom. The first-order valence-electron chi connectivity index (χ1n) is 12.0. The van der Waals surface area contributed by atoms with Gasteiger partial charge in [-0.15, -0.1) is 5.10 Å². The van der Waals surface area contributed by atoms with Crippen LogP contribution in [0.3, 0.4) is 0 Å².